The molecule has 0 unspecified atom stereocenters. The summed E-state index contributed by atoms with van der Waals surface area (Å²) in [6.07, 6.45) is 4.29. The van der Waals surface area contributed by atoms with Crippen LogP contribution in [0.3, 0.4) is 0 Å². The summed E-state index contributed by atoms with van der Waals surface area (Å²) in [5.74, 6) is 0.200. The average Bonchev–Trinajstić information content (AvgIpc) is 3.15. The minimum absolute atomic E-state index is 0.0620. The molecule has 4 rings (SSSR count). The van der Waals surface area contributed by atoms with Crippen LogP contribution in [0.15, 0.2) is 70.8 Å². The highest BCUT2D eigenvalue weighted by Gasteiger charge is 2.22. The SMILES string of the molecule is Cc1cc(CC(=O)O)cc(C)c1Oc1ccc2[nH]cc(S(=O)(=O)c3ccncc3)c2c1. The Morgan fingerprint density at radius 1 is 1.06 bits per heavy atom. The monoisotopic (exact) mass is 436 g/mol. The molecular formula is C23H20N2O5S. The molecule has 0 saturated heterocycles. The Kier molecular flexibility index (Phi) is 5.24. The van der Waals surface area contributed by atoms with Gasteiger partial charge in [0.05, 0.1) is 16.2 Å². The number of hydrogen-bond acceptors (Lipinski definition) is 5. The minimum atomic E-state index is -3.73. The number of aryl methyl sites for hydroxylation is 2. The topological polar surface area (TPSA) is 109 Å². The third-order valence-electron chi connectivity index (χ3n) is 4.96. The predicted octanol–water partition coefficient (Wildman–Crippen LogP) is 4.43. The van der Waals surface area contributed by atoms with Gasteiger partial charge in [-0.05, 0) is 60.9 Å². The van der Waals surface area contributed by atoms with Crippen molar-refractivity contribution in [3.63, 3.8) is 0 Å². The van der Waals surface area contributed by atoms with E-state index in [-0.39, 0.29) is 16.2 Å². The molecule has 0 bridgehead atoms. The fourth-order valence-electron chi connectivity index (χ4n) is 3.60. The number of carboxylic acids is 1. The molecule has 0 aliphatic heterocycles. The molecule has 2 aromatic heterocycles. The van der Waals surface area contributed by atoms with Gasteiger partial charge in [-0.2, -0.15) is 0 Å². The van der Waals surface area contributed by atoms with Crippen LogP contribution in [0.5, 0.6) is 11.5 Å². The number of aromatic nitrogens is 2. The Morgan fingerprint density at radius 3 is 2.39 bits per heavy atom. The summed E-state index contributed by atoms with van der Waals surface area (Å²) in [5, 5.41) is 9.54. The maximum Gasteiger partial charge on any atom is 0.307 e. The van der Waals surface area contributed by atoms with Crippen LogP contribution >= 0.6 is 0 Å². The van der Waals surface area contributed by atoms with Gasteiger partial charge in [0, 0.05) is 29.5 Å². The van der Waals surface area contributed by atoms with Crippen molar-refractivity contribution in [1.82, 2.24) is 9.97 Å². The van der Waals surface area contributed by atoms with Crippen LogP contribution in [0.25, 0.3) is 10.9 Å². The number of hydrogen-bond donors (Lipinski definition) is 2. The van der Waals surface area contributed by atoms with Crippen molar-refractivity contribution in [3.05, 3.63) is 77.7 Å². The fourth-order valence-corrected chi connectivity index (χ4v) is 5.01. The van der Waals surface area contributed by atoms with E-state index in [0.29, 0.717) is 28.0 Å². The number of rotatable bonds is 6. The van der Waals surface area contributed by atoms with Crippen LogP contribution in [0.1, 0.15) is 16.7 Å². The Hall–Kier alpha value is -3.65. The van der Waals surface area contributed by atoms with Crippen LogP contribution in [0, 0.1) is 13.8 Å². The van der Waals surface area contributed by atoms with Gasteiger partial charge in [0.2, 0.25) is 9.84 Å². The van der Waals surface area contributed by atoms with E-state index < -0.39 is 15.8 Å². The highest BCUT2D eigenvalue weighted by Crippen LogP contribution is 2.34. The zero-order valence-electron chi connectivity index (χ0n) is 16.9. The summed E-state index contributed by atoms with van der Waals surface area (Å²) in [6.45, 7) is 3.70. The van der Waals surface area contributed by atoms with Gasteiger partial charge < -0.3 is 14.8 Å². The van der Waals surface area contributed by atoms with Crippen molar-refractivity contribution in [3.8, 4) is 11.5 Å². The zero-order valence-corrected chi connectivity index (χ0v) is 17.7. The van der Waals surface area contributed by atoms with Crippen molar-refractivity contribution >= 4 is 26.7 Å². The molecule has 0 fully saturated rings. The number of H-pyrrole nitrogens is 1. The van der Waals surface area contributed by atoms with E-state index in [1.165, 1.54) is 30.7 Å². The molecule has 0 saturated carbocycles. The van der Waals surface area contributed by atoms with E-state index in [9.17, 15) is 13.2 Å². The van der Waals surface area contributed by atoms with Crippen molar-refractivity contribution in [2.45, 2.75) is 30.1 Å². The first kappa shape index (κ1) is 20.6. The first-order chi connectivity index (χ1) is 14.8. The van der Waals surface area contributed by atoms with Crippen molar-refractivity contribution in [2.75, 3.05) is 0 Å². The van der Waals surface area contributed by atoms with E-state index in [4.69, 9.17) is 9.84 Å². The lowest BCUT2D eigenvalue weighted by Crippen LogP contribution is -2.02. The minimum Gasteiger partial charge on any atom is -0.481 e. The quantitative estimate of drug-likeness (QED) is 0.463. The van der Waals surface area contributed by atoms with Crippen LogP contribution in [0.2, 0.25) is 0 Å². The number of carboxylic acid groups (broad SMARTS) is 1. The molecule has 4 aromatic rings. The number of nitrogens with one attached hydrogen (secondary N) is 1. The van der Waals surface area contributed by atoms with Crippen LogP contribution in [-0.2, 0) is 21.1 Å². The number of sulfone groups is 1. The molecular weight excluding hydrogens is 416 g/mol. The lowest BCUT2D eigenvalue weighted by atomic mass is 10.0. The Labute approximate surface area is 179 Å². The van der Waals surface area contributed by atoms with E-state index in [0.717, 1.165) is 11.1 Å². The largest absolute Gasteiger partial charge is 0.481 e. The van der Waals surface area contributed by atoms with Gasteiger partial charge in [-0.25, -0.2) is 8.42 Å². The van der Waals surface area contributed by atoms with E-state index in [1.807, 2.05) is 13.8 Å². The third kappa shape index (κ3) is 4.02. The maximum absolute atomic E-state index is 13.1. The Balaban J connectivity index is 1.73. The number of aliphatic carboxylic acids is 1. The summed E-state index contributed by atoms with van der Waals surface area (Å²) in [4.78, 5) is 18.2. The number of nitrogens with zero attached hydrogens (tertiary/aromatic N) is 1. The fraction of sp³-hybridized carbons (Fsp3) is 0.130. The Morgan fingerprint density at radius 2 is 1.74 bits per heavy atom. The molecule has 0 aliphatic rings. The number of ether oxygens (including phenoxy) is 1. The number of fused-ring (bicyclic) bond motifs is 1. The van der Waals surface area contributed by atoms with Crippen molar-refractivity contribution in [2.24, 2.45) is 0 Å². The van der Waals surface area contributed by atoms with Gasteiger partial charge in [-0.15, -0.1) is 0 Å². The maximum atomic E-state index is 13.1. The van der Waals surface area contributed by atoms with Gasteiger partial charge in [0.25, 0.3) is 0 Å². The summed E-state index contributed by atoms with van der Waals surface area (Å²) in [7, 11) is -3.73. The van der Waals surface area contributed by atoms with Crippen molar-refractivity contribution in [1.29, 1.82) is 0 Å². The van der Waals surface area contributed by atoms with Crippen LogP contribution < -0.4 is 4.74 Å². The first-order valence-corrected chi connectivity index (χ1v) is 11.0. The van der Waals surface area contributed by atoms with E-state index in [1.54, 1.807) is 30.3 Å². The standard InChI is InChI=1S/C23H20N2O5S/c1-14-9-16(11-22(26)27)10-15(2)23(14)30-17-3-4-20-19(12-17)21(13-25-20)31(28,29)18-5-7-24-8-6-18/h3-10,12-13,25H,11H2,1-2H3,(H,26,27). The van der Waals surface area contributed by atoms with Gasteiger partial charge in [0.1, 0.15) is 11.5 Å². The first-order valence-electron chi connectivity index (χ1n) is 9.52. The highest BCUT2D eigenvalue weighted by molar-refractivity contribution is 7.91. The number of pyridine rings is 1. The molecule has 0 radical (unpaired) electrons. The molecule has 0 spiro atoms. The van der Waals surface area contributed by atoms with E-state index >= 15 is 0 Å². The lowest BCUT2D eigenvalue weighted by Gasteiger charge is -2.14. The highest BCUT2D eigenvalue weighted by atomic mass is 32.2. The molecule has 2 aromatic carbocycles. The summed E-state index contributed by atoms with van der Waals surface area (Å²) in [6, 6.07) is 11.7. The molecule has 2 N–H and O–H groups in total. The van der Waals surface area contributed by atoms with Crippen molar-refractivity contribution < 1.29 is 23.1 Å². The molecule has 158 valence electrons. The summed E-state index contributed by atoms with van der Waals surface area (Å²) < 4.78 is 32.2. The molecule has 8 heteroatoms. The lowest BCUT2D eigenvalue weighted by molar-refractivity contribution is -0.136. The van der Waals surface area contributed by atoms with Gasteiger partial charge in [-0.1, -0.05) is 12.1 Å². The third-order valence-corrected chi connectivity index (χ3v) is 6.77. The summed E-state index contributed by atoms with van der Waals surface area (Å²) >= 11 is 0. The molecule has 0 amide bonds. The van der Waals surface area contributed by atoms with Gasteiger partial charge in [-0.3, -0.25) is 9.78 Å². The second-order valence-corrected chi connectivity index (χ2v) is 9.20. The normalized spacial score (nSPS) is 11.5. The average molecular weight is 436 g/mol. The zero-order chi connectivity index (χ0) is 22.2. The number of aromatic amines is 1. The van der Waals surface area contributed by atoms with Crippen LogP contribution in [0.4, 0.5) is 0 Å². The predicted molar refractivity (Wildman–Crippen MR) is 115 cm³/mol. The smallest absolute Gasteiger partial charge is 0.307 e. The van der Waals surface area contributed by atoms with E-state index in [2.05, 4.69) is 9.97 Å². The molecule has 2 heterocycles. The van der Waals surface area contributed by atoms with Crippen LogP contribution in [-0.4, -0.2) is 29.5 Å². The van der Waals surface area contributed by atoms with Gasteiger partial charge >= 0.3 is 5.97 Å². The molecule has 0 atom stereocenters. The number of carbonyl (C=O) groups is 1. The molecule has 31 heavy (non-hydrogen) atoms. The molecule has 7 nitrogen and oxygen atoms in total. The second kappa shape index (κ2) is 7.88. The molecule has 0 aliphatic carbocycles. The summed E-state index contributed by atoms with van der Waals surface area (Å²) in [5.41, 5.74) is 2.97. The number of benzene rings is 2. The second-order valence-electron chi connectivity index (χ2n) is 7.28. The van der Waals surface area contributed by atoms with Gasteiger partial charge in [0.15, 0.2) is 0 Å². The Bertz CT molecular complexity index is 1370.